The molecule has 0 aliphatic heterocycles. The molecule has 7 nitrogen and oxygen atoms in total. The highest BCUT2D eigenvalue weighted by Gasteiger charge is 2.13. The fraction of sp³-hybridized carbons (Fsp3) is 0.588. The van der Waals surface area contributed by atoms with Crippen LogP contribution in [0.15, 0.2) is 20.1 Å². The average molecular weight is 333 g/mol. The van der Waals surface area contributed by atoms with Crippen LogP contribution in [0.5, 0.6) is 0 Å². The maximum absolute atomic E-state index is 5.39. The summed E-state index contributed by atoms with van der Waals surface area (Å²) in [5, 5.41) is 14.6. The Morgan fingerprint density at radius 1 is 1.04 bits per heavy atom. The fourth-order valence-corrected chi connectivity index (χ4v) is 2.39. The summed E-state index contributed by atoms with van der Waals surface area (Å²) < 4.78 is 10.7. The van der Waals surface area contributed by atoms with E-state index in [1.54, 1.807) is 0 Å². The summed E-state index contributed by atoms with van der Waals surface area (Å²) in [6.07, 6.45) is 2.53. The number of guanidine groups is 1. The monoisotopic (exact) mass is 333 g/mol. The Kier molecular flexibility index (Phi) is 6.84. The van der Waals surface area contributed by atoms with E-state index < -0.39 is 0 Å². The van der Waals surface area contributed by atoms with E-state index >= 15 is 0 Å². The standard InChI is InChI=1S/C17H27N5O2/c1-5-12-9-13(23-21-12)10-19-17(18-8-4)20-11-14-15(6-2)22-24-16(14)7-3/h9H,5-8,10-11H2,1-4H3,(H2,18,19,20). The van der Waals surface area contributed by atoms with Crippen LogP contribution in [0.2, 0.25) is 0 Å². The molecule has 0 unspecified atom stereocenters. The van der Waals surface area contributed by atoms with Crippen molar-refractivity contribution in [1.29, 1.82) is 0 Å². The SMILES string of the molecule is CCNC(=NCc1c(CC)noc1CC)NCc1cc(CC)no1. The Morgan fingerprint density at radius 3 is 2.50 bits per heavy atom. The normalized spacial score (nSPS) is 11.8. The number of nitrogens with one attached hydrogen (secondary N) is 2. The van der Waals surface area contributed by atoms with Gasteiger partial charge in [-0.05, 0) is 19.8 Å². The Balaban J connectivity index is 2.03. The van der Waals surface area contributed by atoms with Crippen molar-refractivity contribution in [1.82, 2.24) is 20.9 Å². The van der Waals surface area contributed by atoms with Gasteiger partial charge in [0, 0.05) is 24.6 Å². The highest BCUT2D eigenvalue weighted by Crippen LogP contribution is 2.16. The van der Waals surface area contributed by atoms with Crippen molar-refractivity contribution in [3.63, 3.8) is 0 Å². The molecule has 0 aliphatic rings. The van der Waals surface area contributed by atoms with Gasteiger partial charge in [-0.15, -0.1) is 0 Å². The van der Waals surface area contributed by atoms with Crippen LogP contribution in [0.25, 0.3) is 0 Å². The maximum atomic E-state index is 5.39. The van der Waals surface area contributed by atoms with Crippen LogP contribution < -0.4 is 10.6 Å². The van der Waals surface area contributed by atoms with Crippen LogP contribution in [-0.4, -0.2) is 22.8 Å². The van der Waals surface area contributed by atoms with Crippen LogP contribution >= 0.6 is 0 Å². The lowest BCUT2D eigenvalue weighted by molar-refractivity contribution is 0.374. The molecule has 2 rings (SSSR count). The summed E-state index contributed by atoms with van der Waals surface area (Å²) in [6.45, 7) is 10.1. The topological polar surface area (TPSA) is 88.5 Å². The third-order valence-corrected chi connectivity index (χ3v) is 3.75. The van der Waals surface area contributed by atoms with E-state index in [0.29, 0.717) is 13.1 Å². The number of nitrogens with zero attached hydrogens (tertiary/aromatic N) is 3. The maximum Gasteiger partial charge on any atom is 0.191 e. The predicted octanol–water partition coefficient (Wildman–Crippen LogP) is 2.61. The molecular formula is C17H27N5O2. The van der Waals surface area contributed by atoms with Gasteiger partial charge < -0.3 is 19.7 Å². The zero-order valence-corrected chi connectivity index (χ0v) is 15.0. The van der Waals surface area contributed by atoms with Gasteiger partial charge in [0.15, 0.2) is 11.7 Å². The lowest BCUT2D eigenvalue weighted by Crippen LogP contribution is -2.36. The van der Waals surface area contributed by atoms with E-state index in [0.717, 1.165) is 60.2 Å². The molecule has 0 fully saturated rings. The predicted molar refractivity (Wildman–Crippen MR) is 92.8 cm³/mol. The summed E-state index contributed by atoms with van der Waals surface area (Å²) in [4.78, 5) is 4.65. The molecule has 0 saturated carbocycles. The Morgan fingerprint density at radius 2 is 1.88 bits per heavy atom. The van der Waals surface area contributed by atoms with E-state index in [-0.39, 0.29) is 0 Å². The minimum absolute atomic E-state index is 0.543. The van der Waals surface area contributed by atoms with E-state index in [2.05, 4.69) is 46.7 Å². The van der Waals surface area contributed by atoms with Gasteiger partial charge in [-0.3, -0.25) is 0 Å². The molecule has 2 aromatic heterocycles. The summed E-state index contributed by atoms with van der Waals surface area (Å²) in [5.74, 6) is 2.44. The van der Waals surface area contributed by atoms with Crippen LogP contribution in [-0.2, 0) is 32.4 Å². The van der Waals surface area contributed by atoms with E-state index in [4.69, 9.17) is 9.05 Å². The lowest BCUT2D eigenvalue weighted by Gasteiger charge is -2.10. The second kappa shape index (κ2) is 9.10. The van der Waals surface area contributed by atoms with Crippen molar-refractivity contribution in [2.75, 3.05) is 6.54 Å². The average Bonchev–Trinajstić information content (AvgIpc) is 3.23. The molecule has 0 aliphatic carbocycles. The lowest BCUT2D eigenvalue weighted by atomic mass is 10.1. The molecule has 0 saturated heterocycles. The van der Waals surface area contributed by atoms with Crippen LogP contribution in [0, 0.1) is 0 Å². The summed E-state index contributed by atoms with van der Waals surface area (Å²) in [5.41, 5.74) is 3.03. The molecule has 2 N–H and O–H groups in total. The number of rotatable bonds is 8. The van der Waals surface area contributed by atoms with Gasteiger partial charge in [0.2, 0.25) is 0 Å². The van der Waals surface area contributed by atoms with Crippen molar-refractivity contribution in [2.45, 2.75) is 60.0 Å². The van der Waals surface area contributed by atoms with E-state index in [1.165, 1.54) is 0 Å². The van der Waals surface area contributed by atoms with Crippen molar-refractivity contribution in [2.24, 2.45) is 4.99 Å². The molecule has 0 spiro atoms. The summed E-state index contributed by atoms with van der Waals surface area (Å²) in [6, 6.07) is 1.96. The molecule has 24 heavy (non-hydrogen) atoms. The summed E-state index contributed by atoms with van der Waals surface area (Å²) in [7, 11) is 0. The second-order valence-electron chi connectivity index (χ2n) is 5.42. The largest absolute Gasteiger partial charge is 0.361 e. The molecule has 0 aromatic carbocycles. The van der Waals surface area contributed by atoms with Crippen molar-refractivity contribution < 1.29 is 9.05 Å². The molecule has 2 aromatic rings. The van der Waals surface area contributed by atoms with Crippen LogP contribution in [0.4, 0.5) is 0 Å². The molecule has 0 atom stereocenters. The van der Waals surface area contributed by atoms with E-state index in [9.17, 15) is 0 Å². The van der Waals surface area contributed by atoms with E-state index in [1.807, 2.05) is 13.0 Å². The number of hydrogen-bond donors (Lipinski definition) is 2. The Bertz CT molecular complexity index is 638. The number of aromatic nitrogens is 2. The first-order chi connectivity index (χ1) is 11.7. The van der Waals surface area contributed by atoms with Gasteiger partial charge in [-0.25, -0.2) is 4.99 Å². The zero-order chi connectivity index (χ0) is 17.4. The van der Waals surface area contributed by atoms with Gasteiger partial charge >= 0.3 is 0 Å². The van der Waals surface area contributed by atoms with Crippen molar-refractivity contribution in [3.05, 3.63) is 34.5 Å². The van der Waals surface area contributed by atoms with Crippen molar-refractivity contribution in [3.8, 4) is 0 Å². The molecule has 7 heteroatoms. The Labute approximate surface area is 142 Å². The van der Waals surface area contributed by atoms with Gasteiger partial charge in [0.1, 0.15) is 5.76 Å². The molecule has 132 valence electrons. The van der Waals surface area contributed by atoms with Gasteiger partial charge in [0.05, 0.1) is 24.5 Å². The first-order valence-corrected chi connectivity index (χ1v) is 8.64. The first-order valence-electron chi connectivity index (χ1n) is 8.64. The summed E-state index contributed by atoms with van der Waals surface area (Å²) >= 11 is 0. The number of aliphatic imine (C=N–C) groups is 1. The minimum atomic E-state index is 0.543. The molecule has 0 radical (unpaired) electrons. The third-order valence-electron chi connectivity index (χ3n) is 3.75. The minimum Gasteiger partial charge on any atom is -0.361 e. The van der Waals surface area contributed by atoms with Gasteiger partial charge in [-0.1, -0.05) is 31.1 Å². The first kappa shape index (κ1) is 18.0. The molecule has 0 amide bonds. The number of aryl methyl sites for hydroxylation is 3. The highest BCUT2D eigenvalue weighted by atomic mass is 16.5. The van der Waals surface area contributed by atoms with Crippen LogP contribution in [0.3, 0.4) is 0 Å². The quantitative estimate of drug-likeness (QED) is 0.570. The zero-order valence-electron chi connectivity index (χ0n) is 15.0. The molecular weight excluding hydrogens is 306 g/mol. The molecule has 0 bridgehead atoms. The second-order valence-corrected chi connectivity index (χ2v) is 5.42. The van der Waals surface area contributed by atoms with Gasteiger partial charge in [-0.2, -0.15) is 0 Å². The highest BCUT2D eigenvalue weighted by molar-refractivity contribution is 5.79. The van der Waals surface area contributed by atoms with Crippen LogP contribution in [0.1, 0.15) is 56.2 Å². The Hall–Kier alpha value is -2.31. The smallest absolute Gasteiger partial charge is 0.191 e. The van der Waals surface area contributed by atoms with Gasteiger partial charge in [0.25, 0.3) is 0 Å². The van der Waals surface area contributed by atoms with Crippen molar-refractivity contribution >= 4 is 5.96 Å². The number of hydrogen-bond acceptors (Lipinski definition) is 5. The third kappa shape index (κ3) is 4.59. The fourth-order valence-electron chi connectivity index (χ4n) is 2.39. The molecule has 2 heterocycles.